The van der Waals surface area contributed by atoms with E-state index in [1.807, 2.05) is 14.1 Å². The second-order valence-electron chi connectivity index (χ2n) is 3.24. The Labute approximate surface area is 91.8 Å². The molecular weight excluding hydrogens is 196 g/mol. The van der Waals surface area contributed by atoms with Gasteiger partial charge in [0.25, 0.3) is 0 Å². The lowest BCUT2D eigenvalue weighted by molar-refractivity contribution is -0.127. The molecule has 0 rings (SSSR count). The highest BCUT2D eigenvalue weighted by Gasteiger charge is 2.08. The third kappa shape index (κ3) is 6.27. The van der Waals surface area contributed by atoms with Crippen LogP contribution in [0.2, 0.25) is 0 Å². The second-order valence-corrected chi connectivity index (χ2v) is 4.34. The fourth-order valence-corrected chi connectivity index (χ4v) is 1.85. The zero-order chi connectivity index (χ0) is 11.0. The number of carbonyl (C=O) groups excluding carboxylic acids is 1. The molecule has 0 N–H and O–H groups in total. The van der Waals surface area contributed by atoms with Crippen molar-refractivity contribution in [1.82, 2.24) is 9.80 Å². The molecule has 2 radical (unpaired) electrons. The Morgan fingerprint density at radius 3 is 2.29 bits per heavy atom. The minimum absolute atomic E-state index is 0.138. The smallest absolute Gasteiger partial charge is 0.232 e. The number of amides is 1. The molecule has 0 unspecified atom stereocenters. The highest BCUT2D eigenvalue weighted by atomic mass is 32.2. The van der Waals surface area contributed by atoms with Crippen molar-refractivity contribution in [2.45, 2.75) is 0 Å². The van der Waals surface area contributed by atoms with Gasteiger partial charge in [0.15, 0.2) is 0 Å². The Kier molecular flexibility index (Phi) is 7.99. The number of thioether (sulfide) groups is 1. The highest BCUT2D eigenvalue weighted by Crippen LogP contribution is 2.02. The maximum Gasteiger partial charge on any atom is 0.232 e. The molecule has 4 heteroatoms. The maximum absolute atomic E-state index is 11.5. The van der Waals surface area contributed by atoms with Crippen LogP contribution in [0, 0.1) is 13.8 Å². The van der Waals surface area contributed by atoms with E-state index in [0.29, 0.717) is 18.8 Å². The van der Waals surface area contributed by atoms with E-state index >= 15 is 0 Å². The van der Waals surface area contributed by atoms with E-state index in [9.17, 15) is 4.79 Å². The van der Waals surface area contributed by atoms with Crippen molar-refractivity contribution in [2.24, 2.45) is 0 Å². The molecule has 1 amide bonds. The van der Waals surface area contributed by atoms with Gasteiger partial charge < -0.3 is 9.80 Å². The Hall–Kier alpha value is -0.220. The predicted molar refractivity (Wildman–Crippen MR) is 63.2 cm³/mol. The zero-order valence-corrected chi connectivity index (χ0v) is 9.98. The fourth-order valence-electron chi connectivity index (χ4n) is 0.859. The standard InChI is InChI=1S/C10H20N2OS/c1-5-12(6-2)10(13)9-14-8-7-11(3)4/h1-2,5-9H2,3-4H3. The number of nitrogens with zero attached hydrogens (tertiary/aromatic N) is 2. The minimum atomic E-state index is 0.138. The molecule has 0 fully saturated rings. The summed E-state index contributed by atoms with van der Waals surface area (Å²) < 4.78 is 0. The average molecular weight is 216 g/mol. The van der Waals surface area contributed by atoms with Gasteiger partial charge in [-0.25, -0.2) is 0 Å². The molecule has 0 aliphatic heterocycles. The van der Waals surface area contributed by atoms with Gasteiger partial charge in [0.1, 0.15) is 0 Å². The molecule has 0 aromatic heterocycles. The van der Waals surface area contributed by atoms with Crippen LogP contribution in [0.25, 0.3) is 0 Å². The van der Waals surface area contributed by atoms with Crippen LogP contribution in [0.5, 0.6) is 0 Å². The maximum atomic E-state index is 11.5. The largest absolute Gasteiger partial charge is 0.342 e. The second kappa shape index (κ2) is 8.12. The summed E-state index contributed by atoms with van der Waals surface area (Å²) in [4.78, 5) is 15.2. The molecule has 0 aromatic rings. The van der Waals surface area contributed by atoms with Gasteiger partial charge in [-0.1, -0.05) is 0 Å². The molecule has 0 aliphatic rings. The quantitative estimate of drug-likeness (QED) is 0.588. The van der Waals surface area contributed by atoms with E-state index < -0.39 is 0 Å². The van der Waals surface area contributed by atoms with Gasteiger partial charge in [0.2, 0.25) is 5.91 Å². The lowest BCUT2D eigenvalue weighted by Crippen LogP contribution is -2.32. The molecule has 0 heterocycles. The Morgan fingerprint density at radius 2 is 1.86 bits per heavy atom. The summed E-state index contributed by atoms with van der Waals surface area (Å²) in [6.07, 6.45) is 0. The van der Waals surface area contributed by atoms with E-state index in [2.05, 4.69) is 18.7 Å². The molecule has 3 nitrogen and oxygen atoms in total. The van der Waals surface area contributed by atoms with Crippen LogP contribution >= 0.6 is 11.8 Å². The van der Waals surface area contributed by atoms with Gasteiger partial charge >= 0.3 is 0 Å². The van der Waals surface area contributed by atoms with Gasteiger partial charge in [-0.15, -0.1) is 0 Å². The molecule has 0 aromatic carbocycles. The molecule has 0 saturated carbocycles. The van der Waals surface area contributed by atoms with Crippen molar-refractivity contribution in [2.75, 3.05) is 45.2 Å². The van der Waals surface area contributed by atoms with Crippen molar-refractivity contribution in [3.8, 4) is 0 Å². The van der Waals surface area contributed by atoms with Gasteiger partial charge in [-0.3, -0.25) is 4.79 Å². The van der Waals surface area contributed by atoms with Crippen LogP contribution in [0.3, 0.4) is 0 Å². The molecule has 0 aliphatic carbocycles. The van der Waals surface area contributed by atoms with Crippen LogP contribution in [0.1, 0.15) is 0 Å². The summed E-state index contributed by atoms with van der Waals surface area (Å²) in [5, 5.41) is 0. The van der Waals surface area contributed by atoms with Crippen molar-refractivity contribution < 1.29 is 4.79 Å². The number of carbonyl (C=O) groups is 1. The summed E-state index contributed by atoms with van der Waals surface area (Å²) in [6.45, 7) is 9.39. The van der Waals surface area contributed by atoms with Crippen molar-refractivity contribution in [1.29, 1.82) is 0 Å². The van der Waals surface area contributed by atoms with E-state index in [0.717, 1.165) is 12.3 Å². The van der Waals surface area contributed by atoms with E-state index in [1.54, 1.807) is 16.7 Å². The summed E-state index contributed by atoms with van der Waals surface area (Å²) in [5.41, 5.74) is 0. The average Bonchev–Trinajstić information content (AvgIpc) is 2.14. The predicted octanol–water partition coefficient (Wildman–Crippen LogP) is 0.778. The van der Waals surface area contributed by atoms with Crippen LogP contribution in [-0.2, 0) is 4.79 Å². The lowest BCUT2D eigenvalue weighted by Gasteiger charge is -2.18. The van der Waals surface area contributed by atoms with Crippen LogP contribution in [-0.4, -0.2) is 60.9 Å². The van der Waals surface area contributed by atoms with Gasteiger partial charge in [0, 0.05) is 25.4 Å². The number of rotatable bonds is 7. The third-order valence-electron chi connectivity index (χ3n) is 1.80. The third-order valence-corrected chi connectivity index (χ3v) is 2.72. The summed E-state index contributed by atoms with van der Waals surface area (Å²) in [7, 11) is 4.06. The minimum Gasteiger partial charge on any atom is -0.342 e. The molecule has 82 valence electrons. The first-order chi connectivity index (χ1) is 6.61. The van der Waals surface area contributed by atoms with Crippen LogP contribution in [0.15, 0.2) is 0 Å². The monoisotopic (exact) mass is 216 g/mol. The van der Waals surface area contributed by atoms with E-state index in [4.69, 9.17) is 0 Å². The van der Waals surface area contributed by atoms with Crippen LogP contribution < -0.4 is 0 Å². The SMILES string of the molecule is [CH2]CN(C[CH2])C(=O)CSCCN(C)C. The summed E-state index contributed by atoms with van der Waals surface area (Å²) in [6, 6.07) is 0. The van der Waals surface area contributed by atoms with E-state index in [1.165, 1.54) is 0 Å². The fraction of sp³-hybridized carbons (Fsp3) is 0.700. The van der Waals surface area contributed by atoms with Crippen LogP contribution in [0.4, 0.5) is 0 Å². The molecule has 0 atom stereocenters. The molecular formula is C10H20N2OS. The number of hydrogen-bond donors (Lipinski definition) is 0. The van der Waals surface area contributed by atoms with Crippen molar-refractivity contribution in [3.05, 3.63) is 13.8 Å². The first-order valence-electron chi connectivity index (χ1n) is 4.70. The zero-order valence-electron chi connectivity index (χ0n) is 9.16. The highest BCUT2D eigenvalue weighted by molar-refractivity contribution is 7.99. The summed E-state index contributed by atoms with van der Waals surface area (Å²) in [5.74, 6) is 1.67. The first-order valence-corrected chi connectivity index (χ1v) is 5.86. The Morgan fingerprint density at radius 1 is 1.29 bits per heavy atom. The Balaban J connectivity index is 3.52. The topological polar surface area (TPSA) is 23.6 Å². The van der Waals surface area contributed by atoms with E-state index in [-0.39, 0.29) is 5.91 Å². The van der Waals surface area contributed by atoms with Crippen molar-refractivity contribution in [3.63, 3.8) is 0 Å². The van der Waals surface area contributed by atoms with Gasteiger partial charge in [0.05, 0.1) is 5.75 Å². The summed E-state index contributed by atoms with van der Waals surface area (Å²) >= 11 is 1.66. The molecule has 0 bridgehead atoms. The first kappa shape index (κ1) is 13.8. The Bertz CT molecular complexity index is 158. The lowest BCUT2D eigenvalue weighted by atomic mass is 10.5. The van der Waals surface area contributed by atoms with Gasteiger partial charge in [-0.05, 0) is 27.9 Å². The normalized spacial score (nSPS) is 10.6. The number of hydrogen-bond acceptors (Lipinski definition) is 3. The van der Waals surface area contributed by atoms with Crippen molar-refractivity contribution >= 4 is 17.7 Å². The van der Waals surface area contributed by atoms with Gasteiger partial charge in [-0.2, -0.15) is 11.8 Å². The molecule has 14 heavy (non-hydrogen) atoms. The molecule has 0 spiro atoms. The molecule has 0 saturated heterocycles.